The van der Waals surface area contributed by atoms with Crippen LogP contribution in [-0.4, -0.2) is 56.2 Å². The zero-order chi connectivity index (χ0) is 19.6. The van der Waals surface area contributed by atoms with E-state index in [9.17, 15) is 0 Å². The van der Waals surface area contributed by atoms with Crippen molar-refractivity contribution in [2.24, 2.45) is 4.99 Å². The number of hydrogen-bond donors (Lipinski definition) is 1. The number of guanidine groups is 1. The minimum absolute atomic E-state index is 0.607. The molecule has 150 valence electrons. The van der Waals surface area contributed by atoms with Crippen LogP contribution in [0.4, 0.5) is 5.82 Å². The van der Waals surface area contributed by atoms with Gasteiger partial charge in [-0.15, -0.1) is 0 Å². The number of likely N-dealkylation sites (N-methyl/N-ethyl adjacent to an activating group) is 1. The molecule has 1 aromatic heterocycles. The van der Waals surface area contributed by atoms with Crippen molar-refractivity contribution < 1.29 is 4.74 Å². The first-order valence-electron chi connectivity index (χ1n) is 10.1. The van der Waals surface area contributed by atoms with Crippen molar-refractivity contribution in [3.63, 3.8) is 0 Å². The number of ether oxygens (including phenoxy) is 1. The number of nitrogens with zero attached hydrogens (tertiary/aromatic N) is 4. The van der Waals surface area contributed by atoms with Crippen molar-refractivity contribution >= 4 is 11.8 Å². The van der Waals surface area contributed by atoms with Crippen LogP contribution in [-0.2, 0) is 6.54 Å². The Hall–Kier alpha value is -2.76. The SMILES string of the molecule is CN=C(NCc1ccnc(N2CCCCC2)c1)N(C)CCOc1ccccc1. The molecule has 2 aromatic rings. The lowest BCUT2D eigenvalue weighted by molar-refractivity contribution is 0.281. The van der Waals surface area contributed by atoms with Gasteiger partial charge in [-0.05, 0) is 49.1 Å². The smallest absolute Gasteiger partial charge is 0.193 e. The molecular formula is C22H31N5O. The molecule has 1 fully saturated rings. The van der Waals surface area contributed by atoms with Gasteiger partial charge in [0.2, 0.25) is 0 Å². The molecule has 0 amide bonds. The van der Waals surface area contributed by atoms with E-state index in [0.717, 1.165) is 43.7 Å². The van der Waals surface area contributed by atoms with Crippen molar-refractivity contribution in [2.75, 3.05) is 45.2 Å². The van der Waals surface area contributed by atoms with Gasteiger partial charge in [0.15, 0.2) is 5.96 Å². The summed E-state index contributed by atoms with van der Waals surface area (Å²) >= 11 is 0. The number of anilines is 1. The summed E-state index contributed by atoms with van der Waals surface area (Å²) in [6.45, 7) is 4.30. The maximum Gasteiger partial charge on any atom is 0.193 e. The molecule has 0 aliphatic carbocycles. The van der Waals surface area contributed by atoms with Crippen LogP contribution in [0.15, 0.2) is 53.7 Å². The molecule has 28 heavy (non-hydrogen) atoms. The van der Waals surface area contributed by atoms with Crippen molar-refractivity contribution in [3.8, 4) is 5.75 Å². The quantitative estimate of drug-likeness (QED) is 0.590. The molecule has 1 aliphatic heterocycles. The van der Waals surface area contributed by atoms with E-state index in [1.807, 2.05) is 50.6 Å². The molecular weight excluding hydrogens is 350 g/mol. The normalized spacial score (nSPS) is 14.6. The third kappa shape index (κ3) is 5.87. The number of nitrogens with one attached hydrogen (secondary N) is 1. The molecule has 0 atom stereocenters. The number of pyridine rings is 1. The van der Waals surface area contributed by atoms with E-state index in [2.05, 4.69) is 37.2 Å². The molecule has 1 N–H and O–H groups in total. The molecule has 1 aliphatic rings. The molecule has 0 saturated carbocycles. The largest absolute Gasteiger partial charge is 0.492 e. The molecule has 3 rings (SSSR count). The highest BCUT2D eigenvalue weighted by atomic mass is 16.5. The van der Waals surface area contributed by atoms with Gasteiger partial charge < -0.3 is 19.9 Å². The lowest BCUT2D eigenvalue weighted by Gasteiger charge is -2.28. The molecule has 6 nitrogen and oxygen atoms in total. The molecule has 1 aromatic carbocycles. The van der Waals surface area contributed by atoms with Crippen molar-refractivity contribution in [1.82, 2.24) is 15.2 Å². The zero-order valence-electron chi connectivity index (χ0n) is 17.0. The van der Waals surface area contributed by atoms with Crippen LogP contribution in [0.2, 0.25) is 0 Å². The Kier molecular flexibility index (Phi) is 7.53. The van der Waals surface area contributed by atoms with E-state index in [0.29, 0.717) is 6.61 Å². The Morgan fingerprint density at radius 2 is 1.96 bits per heavy atom. The van der Waals surface area contributed by atoms with E-state index in [-0.39, 0.29) is 0 Å². The Labute approximate surface area is 168 Å². The molecule has 0 radical (unpaired) electrons. The van der Waals surface area contributed by atoms with E-state index >= 15 is 0 Å². The van der Waals surface area contributed by atoms with Gasteiger partial charge in [0.1, 0.15) is 18.2 Å². The third-order valence-corrected chi connectivity index (χ3v) is 4.95. The molecule has 0 bridgehead atoms. The first kappa shape index (κ1) is 20.0. The average molecular weight is 382 g/mol. The standard InChI is InChI=1S/C22H31N5O/c1-23-22(26(2)15-16-28-20-9-5-3-6-10-20)25-18-19-11-12-24-21(17-19)27-13-7-4-8-14-27/h3,5-6,9-12,17H,4,7-8,13-16,18H2,1-2H3,(H,23,25). The van der Waals surface area contributed by atoms with Gasteiger partial charge in [0.05, 0.1) is 6.54 Å². The van der Waals surface area contributed by atoms with Crippen LogP contribution in [0.1, 0.15) is 24.8 Å². The lowest BCUT2D eigenvalue weighted by Crippen LogP contribution is -2.40. The van der Waals surface area contributed by atoms with E-state index in [1.54, 1.807) is 0 Å². The highest BCUT2D eigenvalue weighted by molar-refractivity contribution is 5.79. The second-order valence-electron chi connectivity index (χ2n) is 7.05. The van der Waals surface area contributed by atoms with Crippen molar-refractivity contribution in [1.29, 1.82) is 0 Å². The van der Waals surface area contributed by atoms with E-state index in [4.69, 9.17) is 4.74 Å². The molecule has 0 spiro atoms. The van der Waals surface area contributed by atoms with Gasteiger partial charge in [-0.25, -0.2) is 4.98 Å². The predicted octanol–water partition coefficient (Wildman–Crippen LogP) is 3.16. The lowest BCUT2D eigenvalue weighted by atomic mass is 10.1. The van der Waals surface area contributed by atoms with Gasteiger partial charge in [-0.3, -0.25) is 4.99 Å². The Bertz CT molecular complexity index is 744. The highest BCUT2D eigenvalue weighted by Crippen LogP contribution is 2.18. The number of aliphatic imine (C=N–C) groups is 1. The summed E-state index contributed by atoms with van der Waals surface area (Å²) in [6.07, 6.45) is 5.74. The fourth-order valence-corrected chi connectivity index (χ4v) is 3.36. The van der Waals surface area contributed by atoms with Crippen LogP contribution in [0.25, 0.3) is 0 Å². The first-order valence-corrected chi connectivity index (χ1v) is 10.1. The topological polar surface area (TPSA) is 53.0 Å². The van der Waals surface area contributed by atoms with Gasteiger partial charge >= 0.3 is 0 Å². The minimum Gasteiger partial charge on any atom is -0.492 e. The Morgan fingerprint density at radius 1 is 1.18 bits per heavy atom. The first-order chi connectivity index (χ1) is 13.8. The van der Waals surface area contributed by atoms with E-state index in [1.165, 1.54) is 24.8 Å². The maximum atomic E-state index is 5.78. The molecule has 6 heteroatoms. The van der Waals surface area contributed by atoms with Crippen LogP contribution < -0.4 is 15.0 Å². The monoisotopic (exact) mass is 381 g/mol. The average Bonchev–Trinajstić information content (AvgIpc) is 2.76. The van der Waals surface area contributed by atoms with Crippen LogP contribution in [0.5, 0.6) is 5.75 Å². The van der Waals surface area contributed by atoms with Crippen molar-refractivity contribution in [3.05, 3.63) is 54.2 Å². The van der Waals surface area contributed by atoms with Gasteiger partial charge in [-0.1, -0.05) is 18.2 Å². The Balaban J connectivity index is 1.48. The number of aromatic nitrogens is 1. The molecule has 2 heterocycles. The van der Waals surface area contributed by atoms with E-state index < -0.39 is 0 Å². The second kappa shape index (κ2) is 10.5. The summed E-state index contributed by atoms with van der Waals surface area (Å²) in [4.78, 5) is 13.4. The fraction of sp³-hybridized carbons (Fsp3) is 0.455. The van der Waals surface area contributed by atoms with Gasteiger partial charge in [-0.2, -0.15) is 0 Å². The number of rotatable bonds is 7. The van der Waals surface area contributed by atoms with Crippen LogP contribution in [0.3, 0.4) is 0 Å². The minimum atomic E-state index is 0.607. The fourth-order valence-electron chi connectivity index (χ4n) is 3.36. The van der Waals surface area contributed by atoms with Gasteiger partial charge in [0, 0.05) is 39.9 Å². The summed E-state index contributed by atoms with van der Waals surface area (Å²) in [5.41, 5.74) is 1.21. The summed E-state index contributed by atoms with van der Waals surface area (Å²) in [5, 5.41) is 3.44. The number of para-hydroxylation sites is 1. The van der Waals surface area contributed by atoms with Gasteiger partial charge in [0.25, 0.3) is 0 Å². The zero-order valence-corrected chi connectivity index (χ0v) is 17.0. The molecule has 0 unspecified atom stereocenters. The molecule has 1 saturated heterocycles. The second-order valence-corrected chi connectivity index (χ2v) is 7.05. The Morgan fingerprint density at radius 3 is 2.71 bits per heavy atom. The highest BCUT2D eigenvalue weighted by Gasteiger charge is 2.12. The summed E-state index contributed by atoms with van der Waals surface area (Å²) in [5.74, 6) is 2.83. The summed E-state index contributed by atoms with van der Waals surface area (Å²) in [7, 11) is 3.83. The van der Waals surface area contributed by atoms with Crippen LogP contribution >= 0.6 is 0 Å². The number of benzene rings is 1. The number of piperidine rings is 1. The van der Waals surface area contributed by atoms with Crippen LogP contribution in [0, 0.1) is 0 Å². The van der Waals surface area contributed by atoms with Crippen molar-refractivity contribution in [2.45, 2.75) is 25.8 Å². The summed E-state index contributed by atoms with van der Waals surface area (Å²) < 4.78 is 5.78. The third-order valence-electron chi connectivity index (χ3n) is 4.95. The summed E-state index contributed by atoms with van der Waals surface area (Å²) in [6, 6.07) is 14.1. The predicted molar refractivity (Wildman–Crippen MR) is 115 cm³/mol. The maximum absolute atomic E-state index is 5.78. The number of hydrogen-bond acceptors (Lipinski definition) is 4.